The van der Waals surface area contributed by atoms with Crippen molar-refractivity contribution in [1.29, 1.82) is 0 Å². The lowest BCUT2D eigenvalue weighted by Crippen LogP contribution is -2.36. The first kappa shape index (κ1) is 20.6. The van der Waals surface area contributed by atoms with Crippen LogP contribution in [-0.2, 0) is 9.59 Å². The van der Waals surface area contributed by atoms with Crippen LogP contribution in [0.2, 0.25) is 0 Å². The van der Waals surface area contributed by atoms with E-state index in [1.807, 2.05) is 18.2 Å². The molecule has 1 saturated heterocycles. The van der Waals surface area contributed by atoms with Crippen LogP contribution in [0.5, 0.6) is 0 Å². The molecule has 1 aromatic heterocycles. The largest absolute Gasteiger partial charge is 0.357 e. The highest BCUT2D eigenvalue weighted by Crippen LogP contribution is 2.27. The summed E-state index contributed by atoms with van der Waals surface area (Å²) >= 11 is 0. The van der Waals surface area contributed by atoms with Crippen molar-refractivity contribution in [3.05, 3.63) is 29.8 Å². The SMILES string of the molecule is Cc1cc(N2CCCC2)nc2ccc(NC(=O)CCC(=O)NC3CCCCC3)cc12. The van der Waals surface area contributed by atoms with Crippen molar-refractivity contribution in [2.45, 2.75) is 70.8 Å². The summed E-state index contributed by atoms with van der Waals surface area (Å²) in [7, 11) is 0. The second-order valence-corrected chi connectivity index (χ2v) is 8.67. The molecule has 0 bridgehead atoms. The van der Waals surface area contributed by atoms with E-state index in [4.69, 9.17) is 4.98 Å². The van der Waals surface area contributed by atoms with E-state index in [0.717, 1.165) is 53.9 Å². The summed E-state index contributed by atoms with van der Waals surface area (Å²) in [6.07, 6.45) is 8.61. The van der Waals surface area contributed by atoms with Crippen LogP contribution in [0.1, 0.15) is 63.4 Å². The van der Waals surface area contributed by atoms with Crippen molar-refractivity contribution in [2.75, 3.05) is 23.3 Å². The van der Waals surface area contributed by atoms with Crippen molar-refractivity contribution in [3.8, 4) is 0 Å². The molecule has 1 saturated carbocycles. The molecule has 2 aromatic rings. The van der Waals surface area contributed by atoms with Crippen LogP contribution in [-0.4, -0.2) is 35.9 Å². The van der Waals surface area contributed by atoms with E-state index in [-0.39, 0.29) is 30.7 Å². The molecule has 0 radical (unpaired) electrons. The van der Waals surface area contributed by atoms with Gasteiger partial charge in [-0.05, 0) is 62.4 Å². The third-order valence-electron chi connectivity index (χ3n) is 6.27. The number of fused-ring (bicyclic) bond motifs is 1. The average Bonchev–Trinajstić information content (AvgIpc) is 3.28. The molecular weight excluding hydrogens is 376 g/mol. The molecule has 1 aliphatic heterocycles. The molecule has 2 aliphatic rings. The highest BCUT2D eigenvalue weighted by molar-refractivity contribution is 5.96. The van der Waals surface area contributed by atoms with Gasteiger partial charge in [-0.2, -0.15) is 0 Å². The van der Waals surface area contributed by atoms with Crippen LogP contribution in [0.4, 0.5) is 11.5 Å². The Bertz CT molecular complexity index is 915. The number of benzene rings is 1. The number of anilines is 2. The smallest absolute Gasteiger partial charge is 0.224 e. The van der Waals surface area contributed by atoms with Gasteiger partial charge in [-0.15, -0.1) is 0 Å². The molecule has 2 N–H and O–H groups in total. The summed E-state index contributed by atoms with van der Waals surface area (Å²) < 4.78 is 0. The third-order valence-corrected chi connectivity index (χ3v) is 6.27. The van der Waals surface area contributed by atoms with Crippen molar-refractivity contribution < 1.29 is 9.59 Å². The Morgan fingerprint density at radius 3 is 2.50 bits per heavy atom. The van der Waals surface area contributed by atoms with Crippen molar-refractivity contribution in [3.63, 3.8) is 0 Å². The van der Waals surface area contributed by atoms with Crippen molar-refractivity contribution in [2.24, 2.45) is 0 Å². The van der Waals surface area contributed by atoms with Gasteiger partial charge in [0.25, 0.3) is 0 Å². The molecule has 2 heterocycles. The van der Waals surface area contributed by atoms with Crippen LogP contribution in [0.25, 0.3) is 10.9 Å². The van der Waals surface area contributed by atoms with E-state index in [2.05, 4.69) is 28.5 Å². The maximum Gasteiger partial charge on any atom is 0.224 e. The van der Waals surface area contributed by atoms with Crippen LogP contribution < -0.4 is 15.5 Å². The quantitative estimate of drug-likeness (QED) is 0.747. The summed E-state index contributed by atoms with van der Waals surface area (Å²) in [6.45, 7) is 4.23. The lowest BCUT2D eigenvalue weighted by atomic mass is 9.95. The van der Waals surface area contributed by atoms with Crippen LogP contribution in [0.3, 0.4) is 0 Å². The molecule has 0 spiro atoms. The van der Waals surface area contributed by atoms with Gasteiger partial charge in [0.2, 0.25) is 11.8 Å². The molecule has 30 heavy (non-hydrogen) atoms. The topological polar surface area (TPSA) is 74.3 Å². The molecule has 0 atom stereocenters. The molecule has 0 unspecified atom stereocenters. The van der Waals surface area contributed by atoms with Crippen LogP contribution >= 0.6 is 0 Å². The molecule has 4 rings (SSSR count). The molecule has 160 valence electrons. The van der Waals surface area contributed by atoms with Gasteiger partial charge >= 0.3 is 0 Å². The Morgan fingerprint density at radius 1 is 1.00 bits per heavy atom. The lowest BCUT2D eigenvalue weighted by Gasteiger charge is -2.22. The number of hydrogen-bond donors (Lipinski definition) is 2. The Balaban J connectivity index is 1.33. The summed E-state index contributed by atoms with van der Waals surface area (Å²) in [5, 5.41) is 7.05. The second kappa shape index (κ2) is 9.45. The number of aryl methyl sites for hydroxylation is 1. The Hall–Kier alpha value is -2.63. The van der Waals surface area contributed by atoms with Gasteiger partial charge in [-0.25, -0.2) is 4.98 Å². The zero-order chi connectivity index (χ0) is 20.9. The Kier molecular flexibility index (Phi) is 6.50. The highest BCUT2D eigenvalue weighted by Gasteiger charge is 2.17. The number of hydrogen-bond acceptors (Lipinski definition) is 4. The molecule has 2 amide bonds. The number of aromatic nitrogens is 1. The zero-order valence-electron chi connectivity index (χ0n) is 17.9. The molecule has 1 aromatic carbocycles. The maximum atomic E-state index is 12.3. The fourth-order valence-corrected chi connectivity index (χ4v) is 4.56. The zero-order valence-corrected chi connectivity index (χ0v) is 17.9. The monoisotopic (exact) mass is 408 g/mol. The molecule has 6 nitrogen and oxygen atoms in total. The lowest BCUT2D eigenvalue weighted by molar-refractivity contribution is -0.125. The van der Waals surface area contributed by atoms with Gasteiger partial charge in [0.05, 0.1) is 5.52 Å². The van der Waals surface area contributed by atoms with E-state index >= 15 is 0 Å². The normalized spacial score (nSPS) is 17.3. The molecule has 6 heteroatoms. The first-order chi connectivity index (χ1) is 14.6. The van der Waals surface area contributed by atoms with E-state index in [1.54, 1.807) is 0 Å². The van der Waals surface area contributed by atoms with E-state index in [0.29, 0.717) is 0 Å². The molecule has 1 aliphatic carbocycles. The predicted octanol–water partition coefficient (Wildman–Crippen LogP) is 4.31. The number of carbonyl (C=O) groups is 2. The molecule has 2 fully saturated rings. The first-order valence-corrected chi connectivity index (χ1v) is 11.3. The van der Waals surface area contributed by atoms with Crippen molar-refractivity contribution in [1.82, 2.24) is 10.3 Å². The van der Waals surface area contributed by atoms with Crippen LogP contribution in [0.15, 0.2) is 24.3 Å². The number of pyridine rings is 1. The average molecular weight is 409 g/mol. The predicted molar refractivity (Wildman–Crippen MR) is 121 cm³/mol. The first-order valence-electron chi connectivity index (χ1n) is 11.3. The van der Waals surface area contributed by atoms with E-state index in [9.17, 15) is 9.59 Å². The summed E-state index contributed by atoms with van der Waals surface area (Å²) in [6, 6.07) is 8.26. The third kappa shape index (κ3) is 5.10. The fraction of sp³-hybridized carbons (Fsp3) is 0.542. The number of rotatable bonds is 6. The van der Waals surface area contributed by atoms with Crippen LogP contribution in [0, 0.1) is 6.92 Å². The van der Waals surface area contributed by atoms with Gasteiger partial charge in [-0.3, -0.25) is 9.59 Å². The van der Waals surface area contributed by atoms with Gasteiger partial charge in [0.1, 0.15) is 5.82 Å². The van der Waals surface area contributed by atoms with E-state index in [1.165, 1.54) is 32.1 Å². The fourth-order valence-electron chi connectivity index (χ4n) is 4.56. The second-order valence-electron chi connectivity index (χ2n) is 8.67. The Labute approximate surface area is 178 Å². The van der Waals surface area contributed by atoms with Crippen molar-refractivity contribution >= 4 is 34.2 Å². The summed E-state index contributed by atoms with van der Waals surface area (Å²) in [5.74, 6) is 0.885. The van der Waals surface area contributed by atoms with Gasteiger partial charge in [0.15, 0.2) is 0 Å². The summed E-state index contributed by atoms with van der Waals surface area (Å²) in [5.41, 5.74) is 2.85. The highest BCUT2D eigenvalue weighted by atomic mass is 16.2. The maximum absolute atomic E-state index is 12.3. The van der Waals surface area contributed by atoms with Gasteiger partial charge in [0, 0.05) is 43.0 Å². The molecular formula is C24H32N4O2. The number of amides is 2. The van der Waals surface area contributed by atoms with Gasteiger partial charge < -0.3 is 15.5 Å². The minimum atomic E-state index is -0.132. The van der Waals surface area contributed by atoms with Gasteiger partial charge in [-0.1, -0.05) is 19.3 Å². The number of carbonyl (C=O) groups excluding carboxylic acids is 2. The number of nitrogens with zero attached hydrogens (tertiary/aromatic N) is 2. The Morgan fingerprint density at radius 2 is 1.73 bits per heavy atom. The standard InChI is InChI=1S/C24H32N4O2/c1-17-15-22(28-13-5-6-14-28)27-21-10-9-19(16-20(17)21)26-24(30)12-11-23(29)25-18-7-3-2-4-8-18/h9-10,15-16,18H,2-8,11-14H2,1H3,(H,25,29)(H,26,30). The number of nitrogens with one attached hydrogen (secondary N) is 2. The van der Waals surface area contributed by atoms with E-state index < -0.39 is 0 Å². The summed E-state index contributed by atoms with van der Waals surface area (Å²) in [4.78, 5) is 31.6. The minimum absolute atomic E-state index is 0.0231. The minimum Gasteiger partial charge on any atom is -0.357 e.